The van der Waals surface area contributed by atoms with Crippen LogP contribution in [0.1, 0.15) is 12.8 Å². The van der Waals surface area contributed by atoms with Crippen LogP contribution in [0.25, 0.3) is 0 Å². The number of carbonyl (C=O) groups excluding carboxylic acids is 1. The van der Waals surface area contributed by atoms with Crippen molar-refractivity contribution >= 4 is 5.91 Å². The molecule has 0 aromatic rings. The van der Waals surface area contributed by atoms with Crippen LogP contribution in [0.3, 0.4) is 0 Å². The molecule has 1 aliphatic heterocycles. The summed E-state index contributed by atoms with van der Waals surface area (Å²) in [6.07, 6.45) is 1.50. The molecule has 1 atom stereocenters. The Labute approximate surface area is 66.1 Å². The number of nitrogens with two attached hydrogens (primary N) is 1. The first kappa shape index (κ1) is 8.49. The number of ether oxygens (including phenoxy) is 1. The normalized spacial score (nSPS) is 22.7. The summed E-state index contributed by atoms with van der Waals surface area (Å²) in [5.74, 6) is -0.299. The Morgan fingerprint density at radius 2 is 2.45 bits per heavy atom. The third kappa shape index (κ3) is 3.34. The fourth-order valence-corrected chi connectivity index (χ4v) is 0.889. The highest BCUT2D eigenvalue weighted by atomic mass is 16.5. The zero-order chi connectivity index (χ0) is 8.10. The van der Waals surface area contributed by atoms with Crippen molar-refractivity contribution in [1.82, 2.24) is 5.32 Å². The summed E-state index contributed by atoms with van der Waals surface area (Å²) in [6, 6.07) is 0.503. The summed E-state index contributed by atoms with van der Waals surface area (Å²) in [5, 5.41) is 3.19. The molecule has 1 amide bonds. The first-order valence-corrected chi connectivity index (χ1v) is 3.88. The molecule has 4 nitrogen and oxygen atoms in total. The molecule has 3 N–H and O–H groups in total. The van der Waals surface area contributed by atoms with Gasteiger partial charge in [-0.1, -0.05) is 0 Å². The SMILES string of the molecule is NC(=O)CCOCC1CCN1. The molecule has 64 valence electrons. The summed E-state index contributed by atoms with van der Waals surface area (Å²) >= 11 is 0. The Balaban J connectivity index is 1.83. The second kappa shape index (κ2) is 4.31. The number of amides is 1. The summed E-state index contributed by atoms with van der Waals surface area (Å²) in [6.45, 7) is 2.24. The Kier molecular flexibility index (Phi) is 3.32. The Morgan fingerprint density at radius 1 is 1.73 bits per heavy atom. The summed E-state index contributed by atoms with van der Waals surface area (Å²) < 4.78 is 5.19. The number of hydrogen-bond acceptors (Lipinski definition) is 3. The van der Waals surface area contributed by atoms with Crippen molar-refractivity contribution in [1.29, 1.82) is 0 Å². The molecule has 0 aromatic carbocycles. The van der Waals surface area contributed by atoms with E-state index in [0.29, 0.717) is 25.7 Å². The van der Waals surface area contributed by atoms with Crippen molar-refractivity contribution in [2.45, 2.75) is 18.9 Å². The first-order valence-electron chi connectivity index (χ1n) is 3.88. The van der Waals surface area contributed by atoms with Gasteiger partial charge >= 0.3 is 0 Å². The molecule has 0 spiro atoms. The van der Waals surface area contributed by atoms with Gasteiger partial charge in [0.05, 0.1) is 13.2 Å². The third-order valence-corrected chi connectivity index (χ3v) is 1.74. The molecule has 1 rings (SSSR count). The van der Waals surface area contributed by atoms with Gasteiger partial charge in [0, 0.05) is 12.5 Å². The van der Waals surface area contributed by atoms with Gasteiger partial charge in [-0.2, -0.15) is 0 Å². The second-order valence-electron chi connectivity index (χ2n) is 2.73. The number of rotatable bonds is 5. The number of primary amides is 1. The molecule has 1 saturated heterocycles. The van der Waals surface area contributed by atoms with Crippen LogP contribution >= 0.6 is 0 Å². The van der Waals surface area contributed by atoms with Crippen LogP contribution < -0.4 is 11.1 Å². The summed E-state index contributed by atoms with van der Waals surface area (Å²) in [5.41, 5.74) is 4.92. The summed E-state index contributed by atoms with van der Waals surface area (Å²) in [7, 11) is 0. The van der Waals surface area contributed by atoms with Crippen molar-refractivity contribution < 1.29 is 9.53 Å². The molecular weight excluding hydrogens is 144 g/mol. The van der Waals surface area contributed by atoms with E-state index in [0.717, 1.165) is 6.54 Å². The van der Waals surface area contributed by atoms with E-state index >= 15 is 0 Å². The molecule has 1 heterocycles. The van der Waals surface area contributed by atoms with E-state index in [-0.39, 0.29) is 5.91 Å². The van der Waals surface area contributed by atoms with Gasteiger partial charge in [0.25, 0.3) is 0 Å². The lowest BCUT2D eigenvalue weighted by molar-refractivity contribution is -0.119. The standard InChI is InChI=1S/C7H14N2O2/c8-7(10)2-4-11-5-6-1-3-9-6/h6,9H,1-5H2,(H2,8,10). The van der Waals surface area contributed by atoms with E-state index in [1.165, 1.54) is 6.42 Å². The lowest BCUT2D eigenvalue weighted by atomic mass is 10.1. The van der Waals surface area contributed by atoms with Crippen LogP contribution in [0.2, 0.25) is 0 Å². The topological polar surface area (TPSA) is 64.4 Å². The minimum atomic E-state index is -0.299. The highest BCUT2D eigenvalue weighted by Gasteiger charge is 2.15. The van der Waals surface area contributed by atoms with Gasteiger partial charge in [-0.15, -0.1) is 0 Å². The molecule has 4 heteroatoms. The van der Waals surface area contributed by atoms with Gasteiger partial charge in [0.1, 0.15) is 0 Å². The van der Waals surface area contributed by atoms with E-state index in [1.807, 2.05) is 0 Å². The van der Waals surface area contributed by atoms with Crippen molar-refractivity contribution in [2.75, 3.05) is 19.8 Å². The molecule has 1 fully saturated rings. The van der Waals surface area contributed by atoms with Crippen LogP contribution in [-0.4, -0.2) is 31.7 Å². The fourth-order valence-electron chi connectivity index (χ4n) is 0.889. The van der Waals surface area contributed by atoms with Gasteiger partial charge in [-0.25, -0.2) is 0 Å². The monoisotopic (exact) mass is 158 g/mol. The predicted molar refractivity (Wildman–Crippen MR) is 41.0 cm³/mol. The zero-order valence-corrected chi connectivity index (χ0v) is 6.51. The smallest absolute Gasteiger partial charge is 0.219 e. The van der Waals surface area contributed by atoms with Crippen LogP contribution in [0.15, 0.2) is 0 Å². The maximum Gasteiger partial charge on any atom is 0.219 e. The van der Waals surface area contributed by atoms with Crippen LogP contribution in [-0.2, 0) is 9.53 Å². The van der Waals surface area contributed by atoms with E-state index in [1.54, 1.807) is 0 Å². The van der Waals surface area contributed by atoms with E-state index < -0.39 is 0 Å². The van der Waals surface area contributed by atoms with Gasteiger partial charge in [0.2, 0.25) is 5.91 Å². The Hall–Kier alpha value is -0.610. The molecule has 0 bridgehead atoms. The van der Waals surface area contributed by atoms with Crippen molar-refractivity contribution in [2.24, 2.45) is 5.73 Å². The molecular formula is C7H14N2O2. The zero-order valence-electron chi connectivity index (χ0n) is 6.51. The maximum absolute atomic E-state index is 10.3. The minimum absolute atomic E-state index is 0.299. The van der Waals surface area contributed by atoms with Gasteiger partial charge in [-0.3, -0.25) is 4.79 Å². The molecule has 0 saturated carbocycles. The second-order valence-corrected chi connectivity index (χ2v) is 2.73. The fraction of sp³-hybridized carbons (Fsp3) is 0.857. The average Bonchev–Trinajstić information content (AvgIpc) is 1.82. The van der Waals surface area contributed by atoms with Crippen molar-refractivity contribution in [3.8, 4) is 0 Å². The lowest BCUT2D eigenvalue weighted by Crippen LogP contribution is -2.46. The molecule has 0 aromatic heterocycles. The lowest BCUT2D eigenvalue weighted by Gasteiger charge is -2.26. The van der Waals surface area contributed by atoms with E-state index in [4.69, 9.17) is 10.5 Å². The van der Waals surface area contributed by atoms with Gasteiger partial charge in [0.15, 0.2) is 0 Å². The molecule has 0 radical (unpaired) electrons. The van der Waals surface area contributed by atoms with Crippen LogP contribution in [0, 0.1) is 0 Å². The molecule has 1 unspecified atom stereocenters. The average molecular weight is 158 g/mol. The maximum atomic E-state index is 10.3. The highest BCUT2D eigenvalue weighted by molar-refractivity contribution is 5.73. The number of hydrogen-bond donors (Lipinski definition) is 2. The van der Waals surface area contributed by atoms with Crippen LogP contribution in [0.4, 0.5) is 0 Å². The van der Waals surface area contributed by atoms with E-state index in [9.17, 15) is 4.79 Å². The number of nitrogens with one attached hydrogen (secondary N) is 1. The first-order chi connectivity index (χ1) is 5.29. The molecule has 1 aliphatic rings. The summed E-state index contributed by atoms with van der Waals surface area (Å²) in [4.78, 5) is 10.3. The van der Waals surface area contributed by atoms with Crippen molar-refractivity contribution in [3.05, 3.63) is 0 Å². The Morgan fingerprint density at radius 3 is 2.91 bits per heavy atom. The largest absolute Gasteiger partial charge is 0.379 e. The Bertz CT molecular complexity index is 134. The molecule has 11 heavy (non-hydrogen) atoms. The van der Waals surface area contributed by atoms with Crippen LogP contribution in [0.5, 0.6) is 0 Å². The van der Waals surface area contributed by atoms with Crippen molar-refractivity contribution in [3.63, 3.8) is 0 Å². The van der Waals surface area contributed by atoms with E-state index in [2.05, 4.69) is 5.32 Å². The number of carbonyl (C=O) groups is 1. The van der Waals surface area contributed by atoms with Gasteiger partial charge in [-0.05, 0) is 13.0 Å². The minimum Gasteiger partial charge on any atom is -0.379 e. The van der Waals surface area contributed by atoms with Gasteiger partial charge < -0.3 is 15.8 Å². The highest BCUT2D eigenvalue weighted by Crippen LogP contribution is 2.01. The molecule has 0 aliphatic carbocycles. The third-order valence-electron chi connectivity index (χ3n) is 1.74. The quantitative estimate of drug-likeness (QED) is 0.517. The predicted octanol–water partition coefficient (Wildman–Crippen LogP) is -0.760.